The van der Waals surface area contributed by atoms with Crippen molar-refractivity contribution in [1.82, 2.24) is 10.2 Å². The Labute approximate surface area is 126 Å². The van der Waals surface area contributed by atoms with Gasteiger partial charge < -0.3 is 5.32 Å². The van der Waals surface area contributed by atoms with Crippen molar-refractivity contribution in [2.45, 2.75) is 19.4 Å². The third-order valence-electron chi connectivity index (χ3n) is 4.36. The molecule has 1 heterocycles. The van der Waals surface area contributed by atoms with Crippen molar-refractivity contribution in [2.24, 2.45) is 11.8 Å². The highest BCUT2D eigenvalue weighted by Crippen LogP contribution is 2.40. The van der Waals surface area contributed by atoms with Crippen LogP contribution >= 0.6 is 24.0 Å². The van der Waals surface area contributed by atoms with E-state index in [1.54, 1.807) is 0 Å². The van der Waals surface area contributed by atoms with E-state index < -0.39 is 0 Å². The van der Waals surface area contributed by atoms with Gasteiger partial charge in [0.15, 0.2) is 0 Å². The van der Waals surface area contributed by atoms with Crippen LogP contribution in [0.2, 0.25) is 5.02 Å². The Bertz CT molecular complexity index is 424. The number of piperazine rings is 1. The Morgan fingerprint density at radius 3 is 2.79 bits per heavy atom. The van der Waals surface area contributed by atoms with Gasteiger partial charge in [0.1, 0.15) is 0 Å². The van der Waals surface area contributed by atoms with Crippen LogP contribution in [0.1, 0.15) is 24.9 Å². The first kappa shape index (κ1) is 15.1. The molecule has 0 amide bonds. The van der Waals surface area contributed by atoms with E-state index >= 15 is 0 Å². The first-order valence-electron chi connectivity index (χ1n) is 6.95. The normalized spacial score (nSPS) is 30.7. The molecule has 1 N–H and O–H groups in total. The smallest absolute Gasteiger partial charge is 0.0488 e. The molecule has 1 saturated heterocycles. The second-order valence-electron chi connectivity index (χ2n) is 5.71. The number of benzene rings is 1. The van der Waals surface area contributed by atoms with Gasteiger partial charge in [-0.25, -0.2) is 0 Å². The van der Waals surface area contributed by atoms with Gasteiger partial charge in [-0.15, -0.1) is 12.4 Å². The minimum Gasteiger partial charge on any atom is -0.314 e. The van der Waals surface area contributed by atoms with Crippen molar-refractivity contribution in [2.75, 3.05) is 26.2 Å². The van der Waals surface area contributed by atoms with Crippen LogP contribution in [0.3, 0.4) is 0 Å². The number of halogens is 2. The third kappa shape index (κ3) is 3.43. The maximum Gasteiger partial charge on any atom is 0.0488 e. The summed E-state index contributed by atoms with van der Waals surface area (Å²) in [5.41, 5.74) is 1.28. The molecule has 0 bridgehead atoms. The van der Waals surface area contributed by atoms with Crippen molar-refractivity contribution < 1.29 is 0 Å². The van der Waals surface area contributed by atoms with Gasteiger partial charge in [-0.1, -0.05) is 36.7 Å². The molecule has 3 rings (SSSR count). The van der Waals surface area contributed by atoms with Gasteiger partial charge in [0.25, 0.3) is 0 Å². The second kappa shape index (κ2) is 6.45. The van der Waals surface area contributed by atoms with E-state index in [0.717, 1.165) is 36.5 Å². The lowest BCUT2D eigenvalue weighted by Gasteiger charge is -2.37. The minimum absolute atomic E-state index is 0. The van der Waals surface area contributed by atoms with Gasteiger partial charge in [-0.3, -0.25) is 4.90 Å². The van der Waals surface area contributed by atoms with E-state index in [1.807, 2.05) is 12.1 Å². The Morgan fingerprint density at radius 1 is 1.37 bits per heavy atom. The molecule has 3 unspecified atom stereocenters. The zero-order chi connectivity index (χ0) is 12.5. The highest BCUT2D eigenvalue weighted by Gasteiger charge is 2.36. The standard InChI is InChI=1S/C15H21ClN2.ClH/c1-11-8-12(11)10-18-7-6-17-9-15(18)13-4-2-3-5-14(13)16;/h2-5,11-12,15,17H,6-10H2,1H3;1H. The minimum atomic E-state index is 0. The summed E-state index contributed by atoms with van der Waals surface area (Å²) >= 11 is 6.35. The molecular formula is C15H22Cl2N2. The number of hydrogen-bond acceptors (Lipinski definition) is 2. The van der Waals surface area contributed by atoms with Gasteiger partial charge in [0.05, 0.1) is 0 Å². The molecule has 0 spiro atoms. The summed E-state index contributed by atoms with van der Waals surface area (Å²) in [5, 5.41) is 4.40. The molecule has 4 heteroatoms. The Kier molecular flexibility index (Phi) is 5.13. The van der Waals surface area contributed by atoms with E-state index in [9.17, 15) is 0 Å². The molecule has 2 aliphatic rings. The molecule has 106 valence electrons. The summed E-state index contributed by atoms with van der Waals surface area (Å²) in [6.07, 6.45) is 1.40. The predicted octanol–water partition coefficient (Wildman–Crippen LogP) is 3.36. The quantitative estimate of drug-likeness (QED) is 0.921. The van der Waals surface area contributed by atoms with Crippen LogP contribution in [-0.2, 0) is 0 Å². The molecule has 1 aliphatic heterocycles. The SMILES string of the molecule is CC1CC1CN1CCNCC1c1ccccc1Cl.Cl. The zero-order valence-corrected chi connectivity index (χ0v) is 12.9. The highest BCUT2D eigenvalue weighted by atomic mass is 35.5. The molecule has 2 fully saturated rings. The van der Waals surface area contributed by atoms with Gasteiger partial charge in [-0.05, 0) is 29.9 Å². The van der Waals surface area contributed by atoms with Gasteiger partial charge in [0.2, 0.25) is 0 Å². The predicted molar refractivity (Wildman–Crippen MR) is 83.2 cm³/mol. The molecule has 2 nitrogen and oxygen atoms in total. The number of nitrogens with one attached hydrogen (secondary N) is 1. The molecule has 1 aliphatic carbocycles. The molecule has 3 atom stereocenters. The lowest BCUT2D eigenvalue weighted by atomic mass is 10.0. The fourth-order valence-corrected chi connectivity index (χ4v) is 3.23. The first-order chi connectivity index (χ1) is 8.75. The Hall–Kier alpha value is -0.280. The monoisotopic (exact) mass is 300 g/mol. The van der Waals surface area contributed by atoms with Crippen molar-refractivity contribution >= 4 is 24.0 Å². The molecular weight excluding hydrogens is 279 g/mol. The third-order valence-corrected chi connectivity index (χ3v) is 4.71. The lowest BCUT2D eigenvalue weighted by molar-refractivity contribution is 0.153. The van der Waals surface area contributed by atoms with Crippen LogP contribution in [0.15, 0.2) is 24.3 Å². The summed E-state index contributed by atoms with van der Waals surface area (Å²) in [6.45, 7) is 6.85. The summed E-state index contributed by atoms with van der Waals surface area (Å²) in [7, 11) is 0. The van der Waals surface area contributed by atoms with E-state index in [1.165, 1.54) is 18.5 Å². The van der Waals surface area contributed by atoms with Crippen molar-refractivity contribution in [1.29, 1.82) is 0 Å². The molecule has 1 saturated carbocycles. The fraction of sp³-hybridized carbons (Fsp3) is 0.600. The van der Waals surface area contributed by atoms with E-state index in [0.29, 0.717) is 6.04 Å². The second-order valence-corrected chi connectivity index (χ2v) is 6.12. The molecule has 19 heavy (non-hydrogen) atoms. The van der Waals surface area contributed by atoms with Crippen LogP contribution in [-0.4, -0.2) is 31.1 Å². The van der Waals surface area contributed by atoms with Crippen LogP contribution in [0.4, 0.5) is 0 Å². The first-order valence-corrected chi connectivity index (χ1v) is 7.32. The maximum atomic E-state index is 6.35. The average Bonchev–Trinajstić information content (AvgIpc) is 3.07. The largest absolute Gasteiger partial charge is 0.314 e. The molecule has 0 aromatic heterocycles. The van der Waals surface area contributed by atoms with E-state index in [2.05, 4.69) is 29.3 Å². The molecule has 1 aromatic carbocycles. The van der Waals surface area contributed by atoms with Crippen molar-refractivity contribution in [3.63, 3.8) is 0 Å². The summed E-state index contributed by atoms with van der Waals surface area (Å²) in [6, 6.07) is 8.72. The van der Waals surface area contributed by atoms with Crippen LogP contribution in [0.25, 0.3) is 0 Å². The summed E-state index contributed by atoms with van der Waals surface area (Å²) in [5.74, 6) is 1.83. The maximum absolute atomic E-state index is 6.35. The summed E-state index contributed by atoms with van der Waals surface area (Å²) in [4.78, 5) is 2.62. The number of nitrogens with zero attached hydrogens (tertiary/aromatic N) is 1. The highest BCUT2D eigenvalue weighted by molar-refractivity contribution is 6.31. The van der Waals surface area contributed by atoms with Gasteiger partial charge in [-0.2, -0.15) is 0 Å². The molecule has 0 radical (unpaired) electrons. The number of rotatable bonds is 3. The lowest BCUT2D eigenvalue weighted by Crippen LogP contribution is -2.46. The number of hydrogen-bond donors (Lipinski definition) is 1. The average molecular weight is 301 g/mol. The van der Waals surface area contributed by atoms with Gasteiger partial charge in [0, 0.05) is 37.2 Å². The zero-order valence-electron chi connectivity index (χ0n) is 11.3. The van der Waals surface area contributed by atoms with E-state index in [4.69, 9.17) is 11.6 Å². The Morgan fingerprint density at radius 2 is 2.11 bits per heavy atom. The topological polar surface area (TPSA) is 15.3 Å². The van der Waals surface area contributed by atoms with Crippen LogP contribution in [0.5, 0.6) is 0 Å². The Balaban J connectivity index is 0.00000133. The summed E-state index contributed by atoms with van der Waals surface area (Å²) < 4.78 is 0. The van der Waals surface area contributed by atoms with E-state index in [-0.39, 0.29) is 12.4 Å². The van der Waals surface area contributed by atoms with Crippen LogP contribution in [0, 0.1) is 11.8 Å². The van der Waals surface area contributed by atoms with Crippen molar-refractivity contribution in [3.8, 4) is 0 Å². The fourth-order valence-electron chi connectivity index (χ4n) is 2.97. The van der Waals surface area contributed by atoms with Crippen LogP contribution < -0.4 is 5.32 Å². The van der Waals surface area contributed by atoms with Gasteiger partial charge >= 0.3 is 0 Å². The van der Waals surface area contributed by atoms with Crippen molar-refractivity contribution in [3.05, 3.63) is 34.9 Å². The molecule has 1 aromatic rings.